The van der Waals surface area contributed by atoms with Gasteiger partial charge in [-0.15, -0.1) is 0 Å². The van der Waals surface area contributed by atoms with Gasteiger partial charge in [0.2, 0.25) is 0 Å². The molecular weight excluding hydrogens is 238 g/mol. The molecule has 0 saturated heterocycles. The van der Waals surface area contributed by atoms with Crippen LogP contribution >= 0.6 is 0 Å². The Kier molecular flexibility index (Phi) is 5.86. The summed E-state index contributed by atoms with van der Waals surface area (Å²) in [4.78, 5) is 4.63. The quantitative estimate of drug-likeness (QED) is 0.630. The molecule has 0 fully saturated rings. The topological polar surface area (TPSA) is 54.2 Å². The highest BCUT2D eigenvalue weighted by Crippen LogP contribution is 2.12. The van der Waals surface area contributed by atoms with E-state index in [0.29, 0.717) is 12.5 Å². The second-order valence-electron chi connectivity index (χ2n) is 5.24. The highest BCUT2D eigenvalue weighted by Gasteiger charge is 2.08. The average Bonchev–Trinajstić information content (AvgIpc) is 2.58. The van der Waals surface area contributed by atoms with Crippen LogP contribution in [0.25, 0.3) is 0 Å². The Bertz CT molecular complexity index is 431. The number of aliphatic imine (C=N–C) groups is 1. The minimum absolute atomic E-state index is 0.603. The number of aromatic nitrogens is 2. The van der Waals surface area contributed by atoms with Gasteiger partial charge in [-0.3, -0.25) is 4.68 Å². The molecule has 0 spiro atoms. The van der Waals surface area contributed by atoms with Crippen molar-refractivity contribution < 1.29 is 0 Å². The van der Waals surface area contributed by atoms with E-state index in [4.69, 9.17) is 0 Å². The lowest BCUT2D eigenvalue weighted by molar-refractivity contribution is 0.615. The van der Waals surface area contributed by atoms with Crippen molar-refractivity contribution >= 4 is 5.96 Å². The van der Waals surface area contributed by atoms with Gasteiger partial charge in [-0.2, -0.15) is 5.10 Å². The van der Waals surface area contributed by atoms with E-state index in [2.05, 4.69) is 48.4 Å². The summed E-state index contributed by atoms with van der Waals surface area (Å²) in [7, 11) is 1.97. The lowest BCUT2D eigenvalue weighted by Gasteiger charge is -2.13. The molecule has 19 heavy (non-hydrogen) atoms. The third-order valence-electron chi connectivity index (χ3n) is 3.08. The van der Waals surface area contributed by atoms with E-state index >= 15 is 0 Å². The lowest BCUT2D eigenvalue weighted by Crippen LogP contribution is -2.39. The zero-order valence-corrected chi connectivity index (χ0v) is 13.0. The van der Waals surface area contributed by atoms with Gasteiger partial charge in [0, 0.05) is 31.4 Å². The Morgan fingerprint density at radius 2 is 2.00 bits per heavy atom. The number of nitrogens with zero attached hydrogens (tertiary/aromatic N) is 3. The number of nitrogens with one attached hydrogen (secondary N) is 2. The first kappa shape index (κ1) is 15.5. The summed E-state index contributed by atoms with van der Waals surface area (Å²) in [5.41, 5.74) is 3.45. The van der Waals surface area contributed by atoms with Crippen molar-refractivity contribution in [2.45, 2.75) is 41.2 Å². The van der Waals surface area contributed by atoms with E-state index in [1.54, 1.807) is 0 Å². The standard InChI is InChI=1S/C14H27N5/c1-7-15-14(16-8-10(2)3)17-9-13-11(4)18-19(6)12(13)5/h10H,7-9H2,1-6H3,(H2,15,16,17). The molecule has 0 amide bonds. The largest absolute Gasteiger partial charge is 0.357 e. The van der Waals surface area contributed by atoms with Crippen LogP contribution in [0.3, 0.4) is 0 Å². The Morgan fingerprint density at radius 1 is 1.32 bits per heavy atom. The summed E-state index contributed by atoms with van der Waals surface area (Å²) in [5.74, 6) is 1.48. The van der Waals surface area contributed by atoms with Crippen LogP contribution in [0.1, 0.15) is 37.7 Å². The summed E-state index contributed by atoms with van der Waals surface area (Å²) in [6.45, 7) is 13.0. The molecule has 0 saturated carbocycles. The molecule has 108 valence electrons. The van der Waals surface area contributed by atoms with Gasteiger partial charge in [-0.25, -0.2) is 4.99 Å². The van der Waals surface area contributed by atoms with E-state index < -0.39 is 0 Å². The van der Waals surface area contributed by atoms with Crippen LogP contribution in [0.5, 0.6) is 0 Å². The Hall–Kier alpha value is -1.52. The molecule has 5 heteroatoms. The highest BCUT2D eigenvalue weighted by atomic mass is 15.3. The molecule has 1 aromatic rings. The molecule has 0 aliphatic rings. The number of hydrogen-bond donors (Lipinski definition) is 2. The van der Waals surface area contributed by atoms with Crippen molar-refractivity contribution in [3.8, 4) is 0 Å². The summed E-state index contributed by atoms with van der Waals surface area (Å²) >= 11 is 0. The molecule has 5 nitrogen and oxygen atoms in total. The molecule has 0 aliphatic heterocycles. The minimum atomic E-state index is 0.603. The fraction of sp³-hybridized carbons (Fsp3) is 0.714. The molecule has 0 aromatic carbocycles. The molecule has 0 radical (unpaired) electrons. The first-order valence-electron chi connectivity index (χ1n) is 6.96. The molecule has 1 aromatic heterocycles. The maximum atomic E-state index is 4.63. The smallest absolute Gasteiger partial charge is 0.191 e. The van der Waals surface area contributed by atoms with Crippen LogP contribution in [-0.2, 0) is 13.6 Å². The van der Waals surface area contributed by atoms with Crippen LogP contribution < -0.4 is 10.6 Å². The molecule has 2 N–H and O–H groups in total. The van der Waals surface area contributed by atoms with Gasteiger partial charge in [0.15, 0.2) is 5.96 Å². The van der Waals surface area contributed by atoms with Gasteiger partial charge in [0.25, 0.3) is 0 Å². The van der Waals surface area contributed by atoms with Crippen LogP contribution in [0.15, 0.2) is 4.99 Å². The van der Waals surface area contributed by atoms with Crippen molar-refractivity contribution in [3.05, 3.63) is 17.0 Å². The summed E-state index contributed by atoms with van der Waals surface area (Å²) < 4.78 is 1.91. The fourth-order valence-electron chi connectivity index (χ4n) is 1.85. The van der Waals surface area contributed by atoms with Crippen LogP contribution in [-0.4, -0.2) is 28.8 Å². The minimum Gasteiger partial charge on any atom is -0.357 e. The van der Waals surface area contributed by atoms with Crippen LogP contribution in [0, 0.1) is 19.8 Å². The SMILES string of the molecule is CCNC(=NCc1c(C)nn(C)c1C)NCC(C)C. The highest BCUT2D eigenvalue weighted by molar-refractivity contribution is 5.79. The van der Waals surface area contributed by atoms with E-state index in [0.717, 1.165) is 24.7 Å². The average molecular weight is 265 g/mol. The third-order valence-corrected chi connectivity index (χ3v) is 3.08. The van der Waals surface area contributed by atoms with Gasteiger partial charge in [0.1, 0.15) is 0 Å². The number of guanidine groups is 1. The molecule has 0 bridgehead atoms. The molecular formula is C14H27N5. The fourth-order valence-corrected chi connectivity index (χ4v) is 1.85. The molecule has 0 aliphatic carbocycles. The monoisotopic (exact) mass is 265 g/mol. The zero-order chi connectivity index (χ0) is 14.4. The zero-order valence-electron chi connectivity index (χ0n) is 13.0. The maximum absolute atomic E-state index is 4.63. The van der Waals surface area contributed by atoms with Crippen molar-refractivity contribution in [1.82, 2.24) is 20.4 Å². The summed E-state index contributed by atoms with van der Waals surface area (Å²) in [5, 5.41) is 11.0. The van der Waals surface area contributed by atoms with Gasteiger partial charge >= 0.3 is 0 Å². The Balaban J connectivity index is 2.74. The second kappa shape index (κ2) is 7.16. The Labute approximate surface area is 116 Å². The Morgan fingerprint density at radius 3 is 2.47 bits per heavy atom. The maximum Gasteiger partial charge on any atom is 0.191 e. The predicted octanol–water partition coefficient (Wildman–Crippen LogP) is 1.75. The molecule has 0 atom stereocenters. The molecule has 0 unspecified atom stereocenters. The van der Waals surface area contributed by atoms with Crippen molar-refractivity contribution in [2.24, 2.45) is 18.0 Å². The van der Waals surface area contributed by atoms with E-state index in [1.165, 1.54) is 11.3 Å². The van der Waals surface area contributed by atoms with Gasteiger partial charge in [-0.1, -0.05) is 13.8 Å². The summed E-state index contributed by atoms with van der Waals surface area (Å²) in [6.07, 6.45) is 0. The number of hydrogen-bond acceptors (Lipinski definition) is 2. The van der Waals surface area contributed by atoms with Crippen LogP contribution in [0.4, 0.5) is 0 Å². The number of rotatable bonds is 5. The first-order chi connectivity index (χ1) is 8.95. The van der Waals surface area contributed by atoms with Crippen molar-refractivity contribution in [3.63, 3.8) is 0 Å². The third kappa shape index (κ3) is 4.58. The van der Waals surface area contributed by atoms with Gasteiger partial charge in [0.05, 0.1) is 12.2 Å². The van der Waals surface area contributed by atoms with Gasteiger partial charge < -0.3 is 10.6 Å². The van der Waals surface area contributed by atoms with E-state index in [1.807, 2.05) is 18.7 Å². The van der Waals surface area contributed by atoms with E-state index in [-0.39, 0.29) is 0 Å². The van der Waals surface area contributed by atoms with Gasteiger partial charge in [-0.05, 0) is 26.7 Å². The normalized spacial score (nSPS) is 12.1. The number of aryl methyl sites for hydroxylation is 2. The second-order valence-corrected chi connectivity index (χ2v) is 5.24. The van der Waals surface area contributed by atoms with E-state index in [9.17, 15) is 0 Å². The predicted molar refractivity (Wildman–Crippen MR) is 80.3 cm³/mol. The summed E-state index contributed by atoms with van der Waals surface area (Å²) in [6, 6.07) is 0. The van der Waals surface area contributed by atoms with Crippen molar-refractivity contribution in [2.75, 3.05) is 13.1 Å². The first-order valence-corrected chi connectivity index (χ1v) is 6.96. The lowest BCUT2D eigenvalue weighted by atomic mass is 10.2. The van der Waals surface area contributed by atoms with Crippen LogP contribution in [0.2, 0.25) is 0 Å². The molecule has 1 rings (SSSR count). The molecule has 1 heterocycles. The van der Waals surface area contributed by atoms with Crippen molar-refractivity contribution in [1.29, 1.82) is 0 Å².